The maximum absolute atomic E-state index is 6.22. The van der Waals surface area contributed by atoms with Gasteiger partial charge in [0.25, 0.3) is 0 Å². The highest BCUT2D eigenvalue weighted by Gasteiger charge is 2.14. The van der Waals surface area contributed by atoms with Crippen LogP contribution in [0.2, 0.25) is 5.02 Å². The molecule has 0 radical (unpaired) electrons. The van der Waals surface area contributed by atoms with Crippen molar-refractivity contribution in [3.63, 3.8) is 0 Å². The van der Waals surface area contributed by atoms with Gasteiger partial charge in [-0.05, 0) is 30.7 Å². The highest BCUT2D eigenvalue weighted by Crippen LogP contribution is 2.36. The van der Waals surface area contributed by atoms with Gasteiger partial charge in [-0.15, -0.1) is 10.2 Å². The Morgan fingerprint density at radius 2 is 1.89 bits per heavy atom. The van der Waals surface area contributed by atoms with E-state index in [0.29, 0.717) is 0 Å². The molecule has 0 aliphatic rings. The second kappa shape index (κ2) is 5.23. The highest BCUT2D eigenvalue weighted by atomic mass is 35.5. The van der Waals surface area contributed by atoms with Gasteiger partial charge < -0.3 is 0 Å². The van der Waals surface area contributed by atoms with Gasteiger partial charge in [-0.1, -0.05) is 47.6 Å². The molecule has 0 unspecified atom stereocenters. The van der Waals surface area contributed by atoms with Gasteiger partial charge in [0.15, 0.2) is 10.8 Å². The van der Waals surface area contributed by atoms with Gasteiger partial charge in [0, 0.05) is 16.5 Å². The Kier molecular flexibility index (Phi) is 3.44. The largest absolute Gasteiger partial charge is 0.277 e. The lowest BCUT2D eigenvalue weighted by Gasteiger charge is -2.11. The Bertz CT molecular complexity index is 710. The number of hydrogen-bond donors (Lipinski definition) is 0. The zero-order valence-corrected chi connectivity index (χ0v) is 11.9. The second-order valence-electron chi connectivity index (χ2n) is 4.19. The van der Waals surface area contributed by atoms with E-state index in [1.165, 1.54) is 0 Å². The number of thioether (sulfide) groups is 1. The van der Waals surface area contributed by atoms with Gasteiger partial charge >= 0.3 is 0 Å². The van der Waals surface area contributed by atoms with Crippen LogP contribution in [0.1, 0.15) is 17.7 Å². The predicted octanol–water partition coefficient (Wildman–Crippen LogP) is 4.24. The normalized spacial score (nSPS) is 12.7. The summed E-state index contributed by atoms with van der Waals surface area (Å²) in [5, 5.41) is 10.3. The minimum absolute atomic E-state index is 0.223. The van der Waals surface area contributed by atoms with E-state index >= 15 is 0 Å². The van der Waals surface area contributed by atoms with Crippen LogP contribution in [0.15, 0.2) is 53.8 Å². The Morgan fingerprint density at radius 1 is 1.11 bits per heavy atom. The van der Waals surface area contributed by atoms with Crippen molar-refractivity contribution < 1.29 is 0 Å². The summed E-state index contributed by atoms with van der Waals surface area (Å²) in [5.74, 6) is 0. The first-order valence-corrected chi connectivity index (χ1v) is 7.22. The lowest BCUT2D eigenvalue weighted by Crippen LogP contribution is -1.93. The third-order valence-corrected chi connectivity index (χ3v) is 4.35. The van der Waals surface area contributed by atoms with Crippen molar-refractivity contribution in [1.29, 1.82) is 0 Å². The number of aromatic nitrogens is 3. The molecular formula is C14H12ClN3S. The maximum Gasteiger partial charge on any atom is 0.196 e. The van der Waals surface area contributed by atoms with Crippen molar-refractivity contribution in [2.75, 3.05) is 0 Å². The summed E-state index contributed by atoms with van der Waals surface area (Å²) in [5.41, 5.74) is 1.97. The molecule has 2 aromatic heterocycles. The molecule has 0 saturated carbocycles. The Hall–Kier alpha value is -1.52. The van der Waals surface area contributed by atoms with E-state index in [9.17, 15) is 0 Å². The molecule has 0 aliphatic heterocycles. The number of fused-ring (bicyclic) bond motifs is 1. The molecule has 0 saturated heterocycles. The number of nitrogens with zero attached hydrogens (tertiary/aromatic N) is 3. The number of rotatable bonds is 3. The van der Waals surface area contributed by atoms with Crippen LogP contribution in [0.3, 0.4) is 0 Å². The molecule has 1 aromatic carbocycles. The van der Waals surface area contributed by atoms with Crippen LogP contribution < -0.4 is 0 Å². The topological polar surface area (TPSA) is 30.2 Å². The Labute approximate surface area is 120 Å². The highest BCUT2D eigenvalue weighted by molar-refractivity contribution is 7.99. The summed E-state index contributed by atoms with van der Waals surface area (Å²) in [6, 6.07) is 13.8. The van der Waals surface area contributed by atoms with E-state index in [-0.39, 0.29) is 5.25 Å². The molecule has 0 aliphatic carbocycles. The van der Waals surface area contributed by atoms with Crippen molar-refractivity contribution in [1.82, 2.24) is 14.6 Å². The summed E-state index contributed by atoms with van der Waals surface area (Å²) in [6.45, 7) is 2.12. The van der Waals surface area contributed by atoms with Gasteiger partial charge in [-0.25, -0.2) is 0 Å². The molecule has 3 nitrogen and oxygen atoms in total. The second-order valence-corrected chi connectivity index (χ2v) is 5.91. The molecule has 19 heavy (non-hydrogen) atoms. The quantitative estimate of drug-likeness (QED) is 0.676. The number of halogens is 1. The van der Waals surface area contributed by atoms with Crippen LogP contribution in [-0.2, 0) is 0 Å². The number of pyridine rings is 1. The van der Waals surface area contributed by atoms with Crippen LogP contribution >= 0.6 is 23.4 Å². The first-order valence-electron chi connectivity index (χ1n) is 5.96. The number of benzene rings is 1. The van der Waals surface area contributed by atoms with Crippen molar-refractivity contribution in [3.05, 3.63) is 59.2 Å². The first-order chi connectivity index (χ1) is 9.25. The van der Waals surface area contributed by atoms with Crippen molar-refractivity contribution in [2.45, 2.75) is 17.3 Å². The lowest BCUT2D eigenvalue weighted by atomic mass is 10.2. The predicted molar refractivity (Wildman–Crippen MR) is 78.7 cm³/mol. The maximum atomic E-state index is 6.22. The molecule has 0 fully saturated rings. The minimum atomic E-state index is 0.223. The van der Waals surface area contributed by atoms with Crippen molar-refractivity contribution >= 4 is 29.0 Å². The van der Waals surface area contributed by atoms with Crippen molar-refractivity contribution in [3.8, 4) is 0 Å². The molecule has 3 rings (SSSR count). The summed E-state index contributed by atoms with van der Waals surface area (Å²) in [7, 11) is 0. The van der Waals surface area contributed by atoms with Gasteiger partial charge in [0.05, 0.1) is 0 Å². The molecule has 5 heteroatoms. The van der Waals surface area contributed by atoms with E-state index < -0.39 is 0 Å². The molecule has 2 heterocycles. The average Bonchev–Trinajstić information content (AvgIpc) is 2.83. The van der Waals surface area contributed by atoms with Crippen LogP contribution in [0.4, 0.5) is 0 Å². The van der Waals surface area contributed by atoms with Crippen LogP contribution in [0.25, 0.3) is 5.65 Å². The van der Waals surface area contributed by atoms with E-state index in [2.05, 4.69) is 17.1 Å². The summed E-state index contributed by atoms with van der Waals surface area (Å²) < 4.78 is 1.98. The van der Waals surface area contributed by atoms with E-state index in [1.54, 1.807) is 11.8 Å². The molecule has 0 N–H and O–H groups in total. The lowest BCUT2D eigenvalue weighted by molar-refractivity contribution is 0.911. The smallest absolute Gasteiger partial charge is 0.196 e. The van der Waals surface area contributed by atoms with E-state index in [4.69, 9.17) is 11.6 Å². The Morgan fingerprint density at radius 3 is 2.74 bits per heavy atom. The fourth-order valence-corrected chi connectivity index (χ4v) is 3.29. The zero-order chi connectivity index (χ0) is 13.2. The zero-order valence-electron chi connectivity index (χ0n) is 10.3. The monoisotopic (exact) mass is 289 g/mol. The van der Waals surface area contributed by atoms with Crippen LogP contribution in [-0.4, -0.2) is 14.6 Å². The molecule has 96 valence electrons. The first kappa shape index (κ1) is 12.5. The van der Waals surface area contributed by atoms with Crippen LogP contribution in [0, 0.1) is 0 Å². The summed E-state index contributed by atoms with van der Waals surface area (Å²) in [4.78, 5) is 0. The molecular weight excluding hydrogens is 278 g/mol. The minimum Gasteiger partial charge on any atom is -0.277 e. The van der Waals surface area contributed by atoms with E-state index in [0.717, 1.165) is 21.4 Å². The molecule has 0 amide bonds. The van der Waals surface area contributed by atoms with Gasteiger partial charge in [0.2, 0.25) is 0 Å². The number of hydrogen-bond acceptors (Lipinski definition) is 3. The average molecular weight is 290 g/mol. The van der Waals surface area contributed by atoms with Gasteiger partial charge in [0.1, 0.15) is 0 Å². The Balaban J connectivity index is 1.91. The molecule has 0 bridgehead atoms. The molecule has 0 spiro atoms. The van der Waals surface area contributed by atoms with Gasteiger partial charge in [-0.3, -0.25) is 4.40 Å². The summed E-state index contributed by atoms with van der Waals surface area (Å²) >= 11 is 7.87. The molecule has 1 atom stereocenters. The standard InChI is InChI=1S/C14H12ClN3S/c1-10(11-6-2-3-7-12(11)15)19-14-17-16-13-8-4-5-9-18(13)14/h2-10H,1H3/t10-/m1/s1. The van der Waals surface area contributed by atoms with Crippen LogP contribution in [0.5, 0.6) is 0 Å². The summed E-state index contributed by atoms with van der Waals surface area (Å²) in [6.07, 6.45) is 1.97. The third kappa shape index (κ3) is 2.46. The fraction of sp³-hybridized carbons (Fsp3) is 0.143. The fourth-order valence-electron chi connectivity index (χ4n) is 1.93. The molecule has 3 aromatic rings. The van der Waals surface area contributed by atoms with Gasteiger partial charge in [-0.2, -0.15) is 0 Å². The third-order valence-electron chi connectivity index (χ3n) is 2.91. The SMILES string of the molecule is C[C@@H](Sc1nnc2ccccn12)c1ccccc1Cl. The van der Waals surface area contributed by atoms with E-state index in [1.807, 2.05) is 53.1 Å². The van der Waals surface area contributed by atoms with Crippen molar-refractivity contribution in [2.24, 2.45) is 0 Å².